The molecule has 1 heterocycles. The molecule has 3 amide bonds. The zero-order valence-electron chi connectivity index (χ0n) is 14.0. The molecule has 1 saturated heterocycles. The minimum absolute atomic E-state index is 0.0716. The number of nitrogens with one attached hydrogen (secondary N) is 2. The van der Waals surface area contributed by atoms with Gasteiger partial charge in [-0.15, -0.1) is 0 Å². The van der Waals surface area contributed by atoms with Crippen LogP contribution in [0.25, 0.3) is 0 Å². The van der Waals surface area contributed by atoms with Crippen LogP contribution in [0.3, 0.4) is 0 Å². The summed E-state index contributed by atoms with van der Waals surface area (Å²) in [5, 5.41) is 5.93. The molecule has 2 N–H and O–H groups in total. The first-order chi connectivity index (χ1) is 11.5. The van der Waals surface area contributed by atoms with E-state index in [0.717, 1.165) is 22.9 Å². The number of ether oxygens (including phenoxy) is 1. The first-order valence-corrected chi connectivity index (χ1v) is 9.03. The Balaban J connectivity index is 1.75. The number of urea groups is 1. The van der Waals surface area contributed by atoms with Gasteiger partial charge in [-0.2, -0.15) is 0 Å². The lowest BCUT2D eigenvalue weighted by molar-refractivity contribution is 0.0957. The summed E-state index contributed by atoms with van der Waals surface area (Å²) < 4.78 is 6.00. The van der Waals surface area contributed by atoms with Gasteiger partial charge in [0.05, 0.1) is 12.6 Å². The Hall–Kier alpha value is -1.76. The third-order valence-electron chi connectivity index (χ3n) is 4.07. The number of benzene rings is 1. The fourth-order valence-corrected chi connectivity index (χ4v) is 2.94. The number of amides is 3. The third-order valence-corrected chi connectivity index (χ3v) is 4.60. The number of carbonyl (C=O) groups excluding carboxylic acids is 2. The maximum absolute atomic E-state index is 12.1. The van der Waals surface area contributed by atoms with Crippen molar-refractivity contribution >= 4 is 28.1 Å². The van der Waals surface area contributed by atoms with Crippen LogP contribution in [0.2, 0.25) is 0 Å². The van der Waals surface area contributed by atoms with Crippen LogP contribution in [0.5, 0.6) is 0 Å². The zero-order chi connectivity index (χ0) is 17.5. The normalized spacial score (nSPS) is 16.4. The number of likely N-dealkylation sites (tertiary alicyclic amines) is 1. The van der Waals surface area contributed by atoms with E-state index in [0.29, 0.717) is 19.7 Å². The van der Waals surface area contributed by atoms with E-state index in [2.05, 4.69) is 26.6 Å². The molecule has 6 nitrogen and oxygen atoms in total. The van der Waals surface area contributed by atoms with Gasteiger partial charge >= 0.3 is 12.1 Å². The lowest BCUT2D eigenvalue weighted by Crippen LogP contribution is -2.49. The van der Waals surface area contributed by atoms with Crippen molar-refractivity contribution in [2.45, 2.75) is 38.8 Å². The summed E-state index contributed by atoms with van der Waals surface area (Å²) in [5.41, 5.74) is 1.05. The van der Waals surface area contributed by atoms with Gasteiger partial charge in [0.15, 0.2) is 0 Å². The minimum atomic E-state index is -0.274. The molecule has 0 radical (unpaired) electrons. The summed E-state index contributed by atoms with van der Waals surface area (Å²) in [6.07, 6.45) is 1.20. The molecule has 0 aromatic heterocycles. The van der Waals surface area contributed by atoms with E-state index in [-0.39, 0.29) is 24.2 Å². The highest BCUT2D eigenvalue weighted by Gasteiger charge is 2.24. The highest BCUT2D eigenvalue weighted by molar-refractivity contribution is 9.10. The van der Waals surface area contributed by atoms with Crippen molar-refractivity contribution in [2.75, 3.05) is 19.7 Å². The summed E-state index contributed by atoms with van der Waals surface area (Å²) in [7, 11) is 0. The van der Waals surface area contributed by atoms with E-state index in [1.54, 1.807) is 11.8 Å². The summed E-state index contributed by atoms with van der Waals surface area (Å²) in [6.45, 7) is 5.33. The minimum Gasteiger partial charge on any atom is -0.450 e. The topological polar surface area (TPSA) is 70.7 Å². The molecule has 0 aliphatic carbocycles. The van der Waals surface area contributed by atoms with Crippen molar-refractivity contribution in [3.63, 3.8) is 0 Å². The van der Waals surface area contributed by atoms with Crippen molar-refractivity contribution in [1.29, 1.82) is 0 Å². The van der Waals surface area contributed by atoms with E-state index < -0.39 is 0 Å². The van der Waals surface area contributed by atoms with Crippen LogP contribution < -0.4 is 10.6 Å². The second kappa shape index (κ2) is 8.92. The average molecular weight is 398 g/mol. The van der Waals surface area contributed by atoms with Gasteiger partial charge in [-0.3, -0.25) is 0 Å². The van der Waals surface area contributed by atoms with Crippen molar-refractivity contribution in [3.05, 3.63) is 34.3 Å². The second-order valence-corrected chi connectivity index (χ2v) is 6.77. The molecule has 1 aliphatic rings. The van der Waals surface area contributed by atoms with E-state index in [9.17, 15) is 9.59 Å². The van der Waals surface area contributed by atoms with Gasteiger partial charge in [0.1, 0.15) is 0 Å². The highest BCUT2D eigenvalue weighted by atomic mass is 79.9. The Morgan fingerprint density at radius 1 is 1.29 bits per heavy atom. The van der Waals surface area contributed by atoms with Crippen LogP contribution >= 0.6 is 15.9 Å². The lowest BCUT2D eigenvalue weighted by Gasteiger charge is -2.31. The van der Waals surface area contributed by atoms with Gasteiger partial charge < -0.3 is 20.3 Å². The van der Waals surface area contributed by atoms with E-state index in [4.69, 9.17) is 4.74 Å². The van der Waals surface area contributed by atoms with Gasteiger partial charge in [-0.05, 0) is 44.4 Å². The fourth-order valence-electron chi connectivity index (χ4n) is 2.68. The smallest absolute Gasteiger partial charge is 0.409 e. The van der Waals surface area contributed by atoms with Crippen LogP contribution in [0.1, 0.15) is 38.3 Å². The zero-order valence-corrected chi connectivity index (χ0v) is 15.6. The Morgan fingerprint density at radius 3 is 2.50 bits per heavy atom. The molecule has 2 rings (SSSR count). The molecule has 1 aliphatic heterocycles. The molecule has 0 saturated carbocycles. The van der Waals surface area contributed by atoms with Gasteiger partial charge in [0.2, 0.25) is 0 Å². The number of piperidine rings is 1. The van der Waals surface area contributed by atoms with E-state index >= 15 is 0 Å². The molecule has 0 spiro atoms. The number of nitrogens with zero attached hydrogens (tertiary/aromatic N) is 1. The van der Waals surface area contributed by atoms with Crippen LogP contribution in [-0.2, 0) is 4.74 Å². The monoisotopic (exact) mass is 397 g/mol. The molecule has 24 heavy (non-hydrogen) atoms. The molecular formula is C17H24BrN3O3. The van der Waals surface area contributed by atoms with E-state index in [1.807, 2.05) is 31.2 Å². The Bertz CT molecular complexity index is 557. The molecular weight excluding hydrogens is 374 g/mol. The van der Waals surface area contributed by atoms with Crippen LogP contribution in [0, 0.1) is 0 Å². The lowest BCUT2D eigenvalue weighted by atomic mass is 10.1. The number of halogens is 1. The SMILES string of the molecule is CCOC(=O)N1CCC(NC(=O)NC(C)c2ccc(Br)cc2)CC1. The molecule has 1 aromatic carbocycles. The predicted molar refractivity (Wildman–Crippen MR) is 95.8 cm³/mol. The first-order valence-electron chi connectivity index (χ1n) is 8.23. The predicted octanol–water partition coefficient (Wildman–Crippen LogP) is 3.43. The second-order valence-electron chi connectivity index (χ2n) is 5.85. The van der Waals surface area contributed by atoms with Crippen LogP contribution in [0.15, 0.2) is 28.7 Å². The Kier molecular flexibility index (Phi) is 6.90. The van der Waals surface area contributed by atoms with Crippen molar-refractivity contribution in [3.8, 4) is 0 Å². The quantitative estimate of drug-likeness (QED) is 0.817. The van der Waals surface area contributed by atoms with Gasteiger partial charge in [-0.1, -0.05) is 28.1 Å². The Labute approximate surface area is 151 Å². The van der Waals surface area contributed by atoms with E-state index in [1.165, 1.54) is 0 Å². The molecule has 1 aromatic rings. The van der Waals surface area contributed by atoms with Gasteiger partial charge in [0.25, 0.3) is 0 Å². The van der Waals surface area contributed by atoms with Gasteiger partial charge in [0, 0.05) is 23.6 Å². The number of hydrogen-bond donors (Lipinski definition) is 2. The molecule has 1 fully saturated rings. The van der Waals surface area contributed by atoms with Crippen LogP contribution in [-0.4, -0.2) is 42.8 Å². The van der Waals surface area contributed by atoms with Gasteiger partial charge in [-0.25, -0.2) is 9.59 Å². The summed E-state index contributed by atoms with van der Waals surface area (Å²) in [4.78, 5) is 25.5. The number of rotatable bonds is 4. The third kappa shape index (κ3) is 5.40. The van der Waals surface area contributed by atoms with Crippen molar-refractivity contribution < 1.29 is 14.3 Å². The summed E-state index contributed by atoms with van der Waals surface area (Å²) >= 11 is 3.40. The molecule has 132 valence electrons. The number of hydrogen-bond acceptors (Lipinski definition) is 3. The van der Waals surface area contributed by atoms with Crippen molar-refractivity contribution in [1.82, 2.24) is 15.5 Å². The molecule has 7 heteroatoms. The highest BCUT2D eigenvalue weighted by Crippen LogP contribution is 2.17. The molecule has 1 unspecified atom stereocenters. The summed E-state index contributed by atoms with van der Waals surface area (Å²) in [6, 6.07) is 7.69. The summed E-state index contributed by atoms with van der Waals surface area (Å²) in [5.74, 6) is 0. The van der Waals surface area contributed by atoms with Crippen LogP contribution in [0.4, 0.5) is 9.59 Å². The maximum Gasteiger partial charge on any atom is 0.409 e. The Morgan fingerprint density at radius 2 is 1.92 bits per heavy atom. The maximum atomic E-state index is 12.1. The standard InChI is InChI=1S/C17H24BrN3O3/c1-3-24-17(23)21-10-8-15(9-11-21)20-16(22)19-12(2)13-4-6-14(18)7-5-13/h4-7,12,15H,3,8-11H2,1-2H3,(H2,19,20,22). The largest absolute Gasteiger partial charge is 0.450 e. The average Bonchev–Trinajstić information content (AvgIpc) is 2.56. The first kappa shape index (κ1) is 18.6. The van der Waals surface area contributed by atoms with Crippen molar-refractivity contribution in [2.24, 2.45) is 0 Å². The molecule has 1 atom stereocenters. The fraction of sp³-hybridized carbons (Fsp3) is 0.529. The molecule has 0 bridgehead atoms. The number of carbonyl (C=O) groups is 2.